The molecular weight excluding hydrogens is 340 g/mol. The number of phenols is 1. The van der Waals surface area contributed by atoms with Gasteiger partial charge in [0.15, 0.2) is 5.75 Å². The number of aromatic hydroxyl groups is 1. The highest BCUT2D eigenvalue weighted by atomic mass is 16.6. The highest BCUT2D eigenvalue weighted by molar-refractivity contribution is 6.04. The van der Waals surface area contributed by atoms with Crippen LogP contribution < -0.4 is 10.7 Å². The van der Waals surface area contributed by atoms with E-state index in [0.717, 1.165) is 17.7 Å². The Bertz CT molecular complexity index is 879. The lowest BCUT2D eigenvalue weighted by atomic mass is 10.2. The molecule has 26 heavy (non-hydrogen) atoms. The summed E-state index contributed by atoms with van der Waals surface area (Å²) < 4.78 is 0. The van der Waals surface area contributed by atoms with Gasteiger partial charge in [-0.1, -0.05) is 18.2 Å². The molecule has 0 aliphatic rings. The van der Waals surface area contributed by atoms with Crippen molar-refractivity contribution >= 4 is 29.4 Å². The molecule has 9 heteroatoms. The van der Waals surface area contributed by atoms with Crippen LogP contribution in [0.4, 0.5) is 11.4 Å². The second kappa shape index (κ2) is 8.38. The van der Waals surface area contributed by atoms with Crippen LogP contribution in [0.1, 0.15) is 17.5 Å². The smallest absolute Gasteiger partial charge is 0.311 e. The van der Waals surface area contributed by atoms with Gasteiger partial charge in [-0.05, 0) is 30.7 Å². The molecule has 0 fully saturated rings. The number of anilines is 1. The Morgan fingerprint density at radius 1 is 1.23 bits per heavy atom. The molecule has 0 aliphatic heterocycles. The predicted octanol–water partition coefficient (Wildman–Crippen LogP) is 2.09. The van der Waals surface area contributed by atoms with Gasteiger partial charge in [-0.25, -0.2) is 5.43 Å². The fourth-order valence-corrected chi connectivity index (χ4v) is 2.04. The molecule has 0 bridgehead atoms. The van der Waals surface area contributed by atoms with Crippen LogP contribution in [0.15, 0.2) is 47.6 Å². The summed E-state index contributed by atoms with van der Waals surface area (Å²) in [6.45, 7) is 1.83. The van der Waals surface area contributed by atoms with Gasteiger partial charge < -0.3 is 10.4 Å². The molecular formula is C17H16N4O5. The fraction of sp³-hybridized carbons (Fsp3) is 0.118. The summed E-state index contributed by atoms with van der Waals surface area (Å²) in [6.07, 6.45) is 0.741. The number of nitrogens with zero attached hydrogens (tertiary/aromatic N) is 2. The maximum Gasteiger partial charge on any atom is 0.311 e. The fourth-order valence-electron chi connectivity index (χ4n) is 2.04. The molecule has 0 aliphatic carbocycles. The zero-order valence-electron chi connectivity index (χ0n) is 13.8. The number of carbonyl (C=O) groups is 2. The van der Waals surface area contributed by atoms with Gasteiger partial charge in [0.05, 0.1) is 11.1 Å². The van der Waals surface area contributed by atoms with Crippen molar-refractivity contribution in [2.75, 3.05) is 5.32 Å². The number of benzene rings is 2. The molecule has 0 radical (unpaired) electrons. The third kappa shape index (κ3) is 5.13. The second-order valence-corrected chi connectivity index (χ2v) is 5.34. The summed E-state index contributed by atoms with van der Waals surface area (Å²) >= 11 is 0. The zero-order valence-corrected chi connectivity index (χ0v) is 13.8. The first-order valence-corrected chi connectivity index (χ1v) is 7.51. The molecule has 0 heterocycles. The predicted molar refractivity (Wildman–Crippen MR) is 94.9 cm³/mol. The quantitative estimate of drug-likeness (QED) is 0.315. The van der Waals surface area contributed by atoms with Crippen molar-refractivity contribution in [3.63, 3.8) is 0 Å². The Balaban J connectivity index is 1.89. The van der Waals surface area contributed by atoms with Gasteiger partial charge in [-0.15, -0.1) is 0 Å². The molecule has 134 valence electrons. The first kappa shape index (κ1) is 18.6. The summed E-state index contributed by atoms with van der Waals surface area (Å²) in [5, 5.41) is 26.4. The van der Waals surface area contributed by atoms with E-state index in [1.54, 1.807) is 12.1 Å². The van der Waals surface area contributed by atoms with Crippen molar-refractivity contribution in [2.24, 2.45) is 5.10 Å². The van der Waals surface area contributed by atoms with Gasteiger partial charge in [-0.3, -0.25) is 19.7 Å². The summed E-state index contributed by atoms with van der Waals surface area (Å²) in [5.74, 6) is -1.60. The maximum absolute atomic E-state index is 11.8. The average molecular weight is 356 g/mol. The molecule has 0 saturated heterocycles. The average Bonchev–Trinajstić information content (AvgIpc) is 2.58. The van der Waals surface area contributed by atoms with Crippen molar-refractivity contribution in [1.82, 2.24) is 5.43 Å². The van der Waals surface area contributed by atoms with Gasteiger partial charge in [-0.2, -0.15) is 5.10 Å². The van der Waals surface area contributed by atoms with E-state index >= 15 is 0 Å². The van der Waals surface area contributed by atoms with E-state index < -0.39 is 34.6 Å². The van der Waals surface area contributed by atoms with Crippen LogP contribution in [0.3, 0.4) is 0 Å². The highest BCUT2D eigenvalue weighted by Gasteiger charge is 2.13. The minimum atomic E-state index is -0.735. The Kier molecular flexibility index (Phi) is 5.99. The molecule has 2 aromatic carbocycles. The lowest BCUT2D eigenvalue weighted by Gasteiger charge is -2.07. The molecule has 2 rings (SSSR count). The third-order valence-corrected chi connectivity index (χ3v) is 3.34. The van der Waals surface area contributed by atoms with Crippen molar-refractivity contribution in [2.45, 2.75) is 13.3 Å². The van der Waals surface area contributed by atoms with Gasteiger partial charge in [0, 0.05) is 17.3 Å². The van der Waals surface area contributed by atoms with E-state index in [1.165, 1.54) is 12.3 Å². The number of rotatable bonds is 6. The normalized spacial score (nSPS) is 10.5. The first-order valence-electron chi connectivity index (χ1n) is 7.51. The Labute approximate surface area is 148 Å². The number of hydrogen-bond acceptors (Lipinski definition) is 6. The number of hydrogen-bond donors (Lipinski definition) is 3. The number of amides is 2. The molecule has 0 atom stereocenters. The lowest BCUT2D eigenvalue weighted by molar-refractivity contribution is -0.385. The highest BCUT2D eigenvalue weighted by Crippen LogP contribution is 2.25. The van der Waals surface area contributed by atoms with Crippen LogP contribution in [0.25, 0.3) is 0 Å². The zero-order chi connectivity index (χ0) is 19.1. The Hall–Kier alpha value is -3.75. The number of phenolic OH excluding ortho intramolecular Hbond substituents is 1. The molecule has 0 aromatic heterocycles. The second-order valence-electron chi connectivity index (χ2n) is 5.34. The van der Waals surface area contributed by atoms with Crippen LogP contribution >= 0.6 is 0 Å². The van der Waals surface area contributed by atoms with E-state index in [0.29, 0.717) is 11.3 Å². The maximum atomic E-state index is 11.8. The summed E-state index contributed by atoms with van der Waals surface area (Å²) in [5.41, 5.74) is 3.48. The van der Waals surface area contributed by atoms with Crippen molar-refractivity contribution in [1.29, 1.82) is 0 Å². The monoisotopic (exact) mass is 356 g/mol. The summed E-state index contributed by atoms with van der Waals surface area (Å²) in [4.78, 5) is 33.6. The molecule has 0 saturated carbocycles. The van der Waals surface area contributed by atoms with Crippen LogP contribution in [0.2, 0.25) is 0 Å². The number of nitro benzene ring substituents is 1. The summed E-state index contributed by atoms with van der Waals surface area (Å²) in [6, 6.07) is 10.8. The molecule has 0 spiro atoms. The number of hydrazone groups is 1. The number of carbonyl (C=O) groups excluding carboxylic acids is 2. The Morgan fingerprint density at radius 3 is 2.65 bits per heavy atom. The van der Waals surface area contributed by atoms with Gasteiger partial charge in [0.1, 0.15) is 6.42 Å². The topological polar surface area (TPSA) is 134 Å². The van der Waals surface area contributed by atoms with Crippen molar-refractivity contribution in [3.05, 3.63) is 63.7 Å². The first-order chi connectivity index (χ1) is 12.4. The minimum Gasteiger partial charge on any atom is -0.502 e. The lowest BCUT2D eigenvalue weighted by Crippen LogP contribution is -2.24. The Morgan fingerprint density at radius 2 is 1.96 bits per heavy atom. The van der Waals surface area contributed by atoms with Gasteiger partial charge >= 0.3 is 5.69 Å². The SMILES string of the molecule is Cc1ccccc1NC(=O)CC(=O)N/N=C/c1ccc(O)c([N+](=O)[O-])c1. The van der Waals surface area contributed by atoms with Crippen molar-refractivity contribution in [3.8, 4) is 5.75 Å². The molecule has 3 N–H and O–H groups in total. The van der Waals surface area contributed by atoms with E-state index in [9.17, 15) is 24.8 Å². The number of nitrogens with one attached hydrogen (secondary N) is 2. The van der Waals surface area contributed by atoms with Crippen LogP contribution in [-0.4, -0.2) is 28.1 Å². The molecule has 0 unspecified atom stereocenters. The van der Waals surface area contributed by atoms with E-state index in [4.69, 9.17) is 0 Å². The summed E-state index contributed by atoms with van der Waals surface area (Å²) in [7, 11) is 0. The van der Waals surface area contributed by atoms with E-state index in [2.05, 4.69) is 15.8 Å². The molecule has 2 aromatic rings. The number of aryl methyl sites for hydroxylation is 1. The molecule has 9 nitrogen and oxygen atoms in total. The van der Waals surface area contributed by atoms with Crippen LogP contribution in [0.5, 0.6) is 5.75 Å². The van der Waals surface area contributed by atoms with Crippen LogP contribution in [-0.2, 0) is 9.59 Å². The van der Waals surface area contributed by atoms with E-state index in [1.807, 2.05) is 19.1 Å². The van der Waals surface area contributed by atoms with Crippen molar-refractivity contribution < 1.29 is 19.6 Å². The number of para-hydroxylation sites is 1. The number of nitro groups is 1. The van der Waals surface area contributed by atoms with E-state index in [-0.39, 0.29) is 0 Å². The standard InChI is InChI=1S/C17H16N4O5/c1-11-4-2-3-5-13(11)19-16(23)9-17(24)20-18-10-12-6-7-15(22)14(8-12)21(25)26/h2-8,10,22H,9H2,1H3,(H,19,23)(H,20,24)/b18-10+. The minimum absolute atomic E-state index is 0.305. The van der Waals surface area contributed by atoms with Gasteiger partial charge in [0.2, 0.25) is 11.8 Å². The largest absolute Gasteiger partial charge is 0.502 e. The molecule has 2 amide bonds. The van der Waals surface area contributed by atoms with Crippen LogP contribution in [0, 0.1) is 17.0 Å². The third-order valence-electron chi connectivity index (χ3n) is 3.34. The van der Waals surface area contributed by atoms with Gasteiger partial charge in [0.25, 0.3) is 0 Å².